The molecule has 0 radical (unpaired) electrons. The molecule has 2 rings (SSSR count). The molecule has 1 aliphatic heterocycles. The summed E-state index contributed by atoms with van der Waals surface area (Å²) < 4.78 is 5.32. The number of aliphatic hydroxyl groups excluding tert-OH is 1. The van der Waals surface area contributed by atoms with E-state index in [0.29, 0.717) is 13.2 Å². The Balaban J connectivity index is 2.05. The molecular weight excluding hydrogens is 224 g/mol. The van der Waals surface area contributed by atoms with Gasteiger partial charge in [-0.15, -0.1) is 11.3 Å². The van der Waals surface area contributed by atoms with E-state index in [1.54, 1.807) is 11.3 Å². The fourth-order valence-corrected chi connectivity index (χ4v) is 2.75. The van der Waals surface area contributed by atoms with Crippen LogP contribution in [0.1, 0.15) is 25.5 Å². The van der Waals surface area contributed by atoms with Crippen LogP contribution in [0.3, 0.4) is 0 Å². The average molecular weight is 242 g/mol. The summed E-state index contributed by atoms with van der Waals surface area (Å²) in [5.74, 6) is 0. The molecule has 2 heterocycles. The molecule has 16 heavy (non-hydrogen) atoms. The molecule has 2 N–H and O–H groups in total. The maximum atomic E-state index is 9.53. The highest BCUT2D eigenvalue weighted by molar-refractivity contribution is 7.13. The van der Waals surface area contributed by atoms with Crippen LogP contribution in [0.15, 0.2) is 5.38 Å². The molecule has 0 unspecified atom stereocenters. The molecule has 4 nitrogen and oxygen atoms in total. The zero-order valence-electron chi connectivity index (χ0n) is 9.53. The van der Waals surface area contributed by atoms with Crippen LogP contribution >= 0.6 is 11.3 Å². The quantitative estimate of drug-likeness (QED) is 0.843. The van der Waals surface area contributed by atoms with Gasteiger partial charge in [0.2, 0.25) is 0 Å². The van der Waals surface area contributed by atoms with Crippen molar-refractivity contribution in [3.8, 4) is 0 Å². The summed E-state index contributed by atoms with van der Waals surface area (Å²) >= 11 is 1.61. The first-order chi connectivity index (χ1) is 7.78. The number of hydrogen-bond acceptors (Lipinski definition) is 5. The van der Waals surface area contributed by atoms with Gasteiger partial charge in [-0.3, -0.25) is 0 Å². The predicted molar refractivity (Wildman–Crippen MR) is 65.0 cm³/mol. The monoisotopic (exact) mass is 242 g/mol. The van der Waals surface area contributed by atoms with E-state index >= 15 is 0 Å². The standard InChI is InChI=1S/C11H18N2O2S/c1-2-9-7-16-10(12-9)13-11(8-14)3-5-15-6-4-11/h7,14H,2-6,8H2,1H3,(H,12,13). The van der Waals surface area contributed by atoms with Gasteiger partial charge in [-0.25, -0.2) is 4.98 Å². The summed E-state index contributed by atoms with van der Waals surface area (Å²) in [5.41, 5.74) is 0.869. The second-order valence-electron chi connectivity index (χ2n) is 4.17. The molecule has 1 aromatic heterocycles. The average Bonchev–Trinajstić information content (AvgIpc) is 2.78. The first kappa shape index (κ1) is 11.8. The van der Waals surface area contributed by atoms with E-state index in [4.69, 9.17) is 4.74 Å². The lowest BCUT2D eigenvalue weighted by Crippen LogP contribution is -2.46. The summed E-state index contributed by atoms with van der Waals surface area (Å²) in [6.07, 6.45) is 2.63. The van der Waals surface area contributed by atoms with Crippen molar-refractivity contribution in [2.75, 3.05) is 25.1 Å². The van der Waals surface area contributed by atoms with Gasteiger partial charge in [0.25, 0.3) is 0 Å². The molecular formula is C11H18N2O2S. The number of nitrogens with one attached hydrogen (secondary N) is 1. The first-order valence-electron chi connectivity index (χ1n) is 5.69. The highest BCUT2D eigenvalue weighted by Crippen LogP contribution is 2.27. The molecule has 1 saturated heterocycles. The van der Waals surface area contributed by atoms with Gasteiger partial charge in [0, 0.05) is 18.6 Å². The minimum atomic E-state index is -0.235. The number of anilines is 1. The van der Waals surface area contributed by atoms with Crippen LogP contribution < -0.4 is 5.32 Å². The molecule has 1 aliphatic rings. The zero-order valence-corrected chi connectivity index (χ0v) is 10.3. The second kappa shape index (κ2) is 5.12. The van der Waals surface area contributed by atoms with E-state index in [0.717, 1.165) is 30.1 Å². The zero-order chi connectivity index (χ0) is 11.4. The van der Waals surface area contributed by atoms with Crippen molar-refractivity contribution < 1.29 is 9.84 Å². The van der Waals surface area contributed by atoms with Crippen LogP contribution in [0.25, 0.3) is 0 Å². The smallest absolute Gasteiger partial charge is 0.183 e. The number of nitrogens with zero attached hydrogens (tertiary/aromatic N) is 1. The van der Waals surface area contributed by atoms with Gasteiger partial charge in [0.1, 0.15) is 0 Å². The second-order valence-corrected chi connectivity index (χ2v) is 5.03. The van der Waals surface area contributed by atoms with E-state index in [-0.39, 0.29) is 12.1 Å². The molecule has 0 aromatic carbocycles. The molecule has 0 saturated carbocycles. The predicted octanol–water partition coefficient (Wildman–Crippen LogP) is 1.66. The van der Waals surface area contributed by atoms with Gasteiger partial charge >= 0.3 is 0 Å². The summed E-state index contributed by atoms with van der Waals surface area (Å²) in [7, 11) is 0. The van der Waals surface area contributed by atoms with Gasteiger partial charge in [0.05, 0.1) is 17.8 Å². The number of thiazole rings is 1. The van der Waals surface area contributed by atoms with Gasteiger partial charge in [-0.05, 0) is 19.3 Å². The van der Waals surface area contributed by atoms with Crippen molar-refractivity contribution in [3.05, 3.63) is 11.1 Å². The van der Waals surface area contributed by atoms with Crippen molar-refractivity contribution in [3.63, 3.8) is 0 Å². The lowest BCUT2D eigenvalue weighted by atomic mass is 9.91. The Morgan fingerprint density at radius 2 is 2.31 bits per heavy atom. The van der Waals surface area contributed by atoms with Crippen molar-refractivity contribution in [1.29, 1.82) is 0 Å². The van der Waals surface area contributed by atoms with Crippen LogP contribution in [-0.2, 0) is 11.2 Å². The Morgan fingerprint density at radius 3 is 2.88 bits per heavy atom. The summed E-state index contributed by atoms with van der Waals surface area (Å²) in [5, 5.41) is 15.9. The molecule has 90 valence electrons. The minimum absolute atomic E-state index is 0.136. The van der Waals surface area contributed by atoms with Crippen LogP contribution in [0.5, 0.6) is 0 Å². The molecule has 5 heteroatoms. The fraction of sp³-hybridized carbons (Fsp3) is 0.727. The van der Waals surface area contributed by atoms with Gasteiger partial charge < -0.3 is 15.2 Å². The third kappa shape index (κ3) is 2.53. The Bertz CT molecular complexity index is 334. The van der Waals surface area contributed by atoms with E-state index in [1.165, 1.54) is 0 Å². The van der Waals surface area contributed by atoms with E-state index in [1.807, 2.05) is 0 Å². The van der Waals surface area contributed by atoms with Crippen molar-refractivity contribution in [2.45, 2.75) is 31.7 Å². The summed E-state index contributed by atoms with van der Waals surface area (Å²) in [4.78, 5) is 4.47. The highest BCUT2D eigenvalue weighted by Gasteiger charge is 2.32. The Morgan fingerprint density at radius 1 is 1.56 bits per heavy atom. The maximum Gasteiger partial charge on any atom is 0.183 e. The number of hydrogen-bond donors (Lipinski definition) is 2. The molecule has 0 aliphatic carbocycles. The molecule has 0 bridgehead atoms. The Kier molecular flexibility index (Phi) is 3.78. The number of aromatic nitrogens is 1. The lowest BCUT2D eigenvalue weighted by molar-refractivity contribution is 0.0380. The van der Waals surface area contributed by atoms with Crippen LogP contribution in [0.4, 0.5) is 5.13 Å². The molecule has 1 fully saturated rings. The summed E-state index contributed by atoms with van der Waals surface area (Å²) in [6.45, 7) is 3.64. The van der Waals surface area contributed by atoms with Crippen LogP contribution in [0, 0.1) is 0 Å². The third-order valence-electron chi connectivity index (χ3n) is 3.04. The fourth-order valence-electron chi connectivity index (χ4n) is 1.84. The molecule has 1 aromatic rings. The first-order valence-corrected chi connectivity index (χ1v) is 6.57. The third-order valence-corrected chi connectivity index (χ3v) is 3.85. The molecule has 0 spiro atoms. The van der Waals surface area contributed by atoms with Gasteiger partial charge in [-0.2, -0.15) is 0 Å². The molecule has 0 atom stereocenters. The Labute approximate surface area is 99.7 Å². The van der Waals surface area contributed by atoms with Crippen molar-refractivity contribution >= 4 is 16.5 Å². The molecule has 0 amide bonds. The van der Waals surface area contributed by atoms with E-state index < -0.39 is 0 Å². The van der Waals surface area contributed by atoms with E-state index in [2.05, 4.69) is 22.6 Å². The number of aryl methyl sites for hydroxylation is 1. The highest BCUT2D eigenvalue weighted by atomic mass is 32.1. The van der Waals surface area contributed by atoms with Crippen molar-refractivity contribution in [1.82, 2.24) is 4.98 Å². The van der Waals surface area contributed by atoms with Crippen molar-refractivity contribution in [2.24, 2.45) is 0 Å². The number of aliphatic hydroxyl groups is 1. The number of rotatable bonds is 4. The SMILES string of the molecule is CCc1csc(NC2(CO)CCOCC2)n1. The van der Waals surface area contributed by atoms with E-state index in [9.17, 15) is 5.11 Å². The lowest BCUT2D eigenvalue weighted by Gasteiger charge is -2.36. The maximum absolute atomic E-state index is 9.53. The summed E-state index contributed by atoms with van der Waals surface area (Å²) in [6, 6.07) is 0. The van der Waals surface area contributed by atoms with Crippen LogP contribution in [-0.4, -0.2) is 35.5 Å². The normalized spacial score (nSPS) is 19.6. The topological polar surface area (TPSA) is 54.4 Å². The van der Waals surface area contributed by atoms with Gasteiger partial charge in [0.15, 0.2) is 5.13 Å². The largest absolute Gasteiger partial charge is 0.394 e. The van der Waals surface area contributed by atoms with Gasteiger partial charge in [-0.1, -0.05) is 6.92 Å². The Hall–Kier alpha value is -0.650. The van der Waals surface area contributed by atoms with Crippen LogP contribution in [0.2, 0.25) is 0 Å². The number of ether oxygens (including phenoxy) is 1. The minimum Gasteiger partial charge on any atom is -0.394 e.